The fraction of sp³-hybridized carbons (Fsp3) is 0.227. The van der Waals surface area contributed by atoms with E-state index in [1.54, 1.807) is 6.07 Å². The highest BCUT2D eigenvalue weighted by molar-refractivity contribution is 5.96. The summed E-state index contributed by atoms with van der Waals surface area (Å²) in [7, 11) is 0. The maximum absolute atomic E-state index is 13.5. The van der Waals surface area contributed by atoms with Gasteiger partial charge in [-0.25, -0.2) is 9.18 Å². The van der Waals surface area contributed by atoms with Gasteiger partial charge in [0.25, 0.3) is 5.91 Å². The molecule has 0 aliphatic carbocycles. The zero-order chi connectivity index (χ0) is 21.4. The SMILES string of the molecule is Cc1cccc(C)c1NC(=O)CNC(=O)C(C)OC(=O)/C=C/c1ccccc1F. The van der Waals surface area contributed by atoms with E-state index in [1.807, 2.05) is 32.0 Å². The van der Waals surface area contributed by atoms with Crippen LogP contribution in [0.15, 0.2) is 48.5 Å². The van der Waals surface area contributed by atoms with E-state index in [0.717, 1.165) is 17.2 Å². The number of carbonyl (C=O) groups is 3. The van der Waals surface area contributed by atoms with Crippen LogP contribution in [0.5, 0.6) is 0 Å². The van der Waals surface area contributed by atoms with Gasteiger partial charge in [0.1, 0.15) is 5.82 Å². The second kappa shape index (κ2) is 10.2. The lowest BCUT2D eigenvalue weighted by Crippen LogP contribution is -2.40. The van der Waals surface area contributed by atoms with Crippen LogP contribution in [0.3, 0.4) is 0 Å². The monoisotopic (exact) mass is 398 g/mol. The predicted molar refractivity (Wildman–Crippen MR) is 109 cm³/mol. The Kier molecular flexibility index (Phi) is 7.65. The third kappa shape index (κ3) is 6.57. The number of hydrogen-bond acceptors (Lipinski definition) is 4. The summed E-state index contributed by atoms with van der Waals surface area (Å²) in [6.07, 6.45) is 1.19. The number of halogens is 1. The van der Waals surface area contributed by atoms with Crippen molar-refractivity contribution < 1.29 is 23.5 Å². The molecule has 6 nitrogen and oxygen atoms in total. The molecule has 0 radical (unpaired) electrons. The molecule has 0 spiro atoms. The third-order valence-electron chi connectivity index (χ3n) is 4.14. The van der Waals surface area contributed by atoms with Crippen molar-refractivity contribution in [3.05, 3.63) is 71.0 Å². The Balaban J connectivity index is 1.82. The molecule has 0 fully saturated rings. The summed E-state index contributed by atoms with van der Waals surface area (Å²) in [5.41, 5.74) is 2.75. The third-order valence-corrected chi connectivity index (χ3v) is 4.14. The van der Waals surface area contributed by atoms with Crippen molar-refractivity contribution >= 4 is 29.5 Å². The first-order valence-corrected chi connectivity index (χ1v) is 9.05. The number of anilines is 1. The van der Waals surface area contributed by atoms with Crippen LogP contribution in [-0.4, -0.2) is 30.4 Å². The number of amides is 2. The van der Waals surface area contributed by atoms with E-state index in [1.165, 1.54) is 31.2 Å². The molecule has 0 bridgehead atoms. The molecule has 2 rings (SSSR count). The van der Waals surface area contributed by atoms with Crippen LogP contribution in [0.4, 0.5) is 10.1 Å². The molecule has 152 valence electrons. The van der Waals surface area contributed by atoms with Crippen LogP contribution in [0.25, 0.3) is 6.08 Å². The molecular formula is C22H23FN2O4. The minimum absolute atomic E-state index is 0.227. The van der Waals surface area contributed by atoms with Gasteiger partial charge in [0.2, 0.25) is 5.91 Å². The molecule has 0 aliphatic heterocycles. The fourth-order valence-electron chi connectivity index (χ4n) is 2.54. The van der Waals surface area contributed by atoms with Crippen LogP contribution in [0.1, 0.15) is 23.6 Å². The Morgan fingerprint density at radius 3 is 2.38 bits per heavy atom. The Labute approximate surface area is 168 Å². The van der Waals surface area contributed by atoms with Crippen LogP contribution in [-0.2, 0) is 19.1 Å². The fourth-order valence-corrected chi connectivity index (χ4v) is 2.54. The molecular weight excluding hydrogens is 375 g/mol. The van der Waals surface area contributed by atoms with Crippen LogP contribution >= 0.6 is 0 Å². The van der Waals surface area contributed by atoms with Crippen LogP contribution < -0.4 is 10.6 Å². The number of ether oxygens (including phenoxy) is 1. The topological polar surface area (TPSA) is 84.5 Å². The van der Waals surface area contributed by atoms with Gasteiger partial charge in [-0.2, -0.15) is 0 Å². The lowest BCUT2D eigenvalue weighted by molar-refractivity contribution is -0.150. The first-order chi connectivity index (χ1) is 13.8. The highest BCUT2D eigenvalue weighted by Gasteiger charge is 2.17. The minimum atomic E-state index is -1.11. The summed E-state index contributed by atoms with van der Waals surface area (Å²) in [5, 5.41) is 5.17. The number of aryl methyl sites for hydroxylation is 2. The van der Waals surface area contributed by atoms with Crippen molar-refractivity contribution in [3.8, 4) is 0 Å². The number of hydrogen-bond donors (Lipinski definition) is 2. The molecule has 0 aromatic heterocycles. The van der Waals surface area contributed by atoms with Gasteiger partial charge in [0, 0.05) is 17.3 Å². The maximum Gasteiger partial charge on any atom is 0.331 e. The van der Waals surface area contributed by atoms with Gasteiger partial charge in [-0.15, -0.1) is 0 Å². The van der Waals surface area contributed by atoms with Gasteiger partial charge >= 0.3 is 5.97 Å². The highest BCUT2D eigenvalue weighted by Crippen LogP contribution is 2.19. The summed E-state index contributed by atoms with van der Waals surface area (Å²) in [5.74, 6) is -2.28. The molecule has 0 saturated heterocycles. The van der Waals surface area contributed by atoms with E-state index >= 15 is 0 Å². The van der Waals surface area contributed by atoms with E-state index < -0.39 is 29.7 Å². The summed E-state index contributed by atoms with van der Waals surface area (Å²) >= 11 is 0. The van der Waals surface area contributed by atoms with E-state index in [9.17, 15) is 18.8 Å². The second-order valence-corrected chi connectivity index (χ2v) is 6.47. The molecule has 2 aromatic rings. The number of carbonyl (C=O) groups excluding carboxylic acids is 3. The number of rotatable bonds is 7. The molecule has 2 N–H and O–H groups in total. The molecule has 2 amide bonds. The van der Waals surface area contributed by atoms with Gasteiger partial charge in [-0.05, 0) is 44.0 Å². The molecule has 2 aromatic carbocycles. The maximum atomic E-state index is 13.5. The molecule has 29 heavy (non-hydrogen) atoms. The molecule has 0 aliphatic rings. The minimum Gasteiger partial charge on any atom is -0.449 e. The largest absolute Gasteiger partial charge is 0.449 e. The second-order valence-electron chi connectivity index (χ2n) is 6.47. The van der Waals surface area contributed by atoms with Crippen molar-refractivity contribution in [2.24, 2.45) is 0 Å². The molecule has 7 heteroatoms. The van der Waals surface area contributed by atoms with E-state index in [0.29, 0.717) is 5.69 Å². The van der Waals surface area contributed by atoms with Crippen molar-refractivity contribution in [3.63, 3.8) is 0 Å². The molecule has 1 unspecified atom stereocenters. The van der Waals surface area contributed by atoms with Crippen LogP contribution in [0, 0.1) is 19.7 Å². The summed E-state index contributed by atoms with van der Waals surface area (Å²) < 4.78 is 18.5. The van der Waals surface area contributed by atoms with Crippen LogP contribution in [0.2, 0.25) is 0 Å². The van der Waals surface area contributed by atoms with Gasteiger partial charge in [-0.3, -0.25) is 9.59 Å². The first kappa shape index (κ1) is 21.8. The molecule has 1 atom stereocenters. The molecule has 0 heterocycles. The lowest BCUT2D eigenvalue weighted by atomic mass is 10.1. The number of para-hydroxylation sites is 1. The summed E-state index contributed by atoms with van der Waals surface area (Å²) in [6.45, 7) is 4.86. The van der Waals surface area contributed by atoms with Crippen molar-refractivity contribution in [1.29, 1.82) is 0 Å². The number of benzene rings is 2. The summed E-state index contributed by atoms with van der Waals surface area (Å²) in [4.78, 5) is 35.9. The van der Waals surface area contributed by atoms with Crippen molar-refractivity contribution in [2.75, 3.05) is 11.9 Å². The van der Waals surface area contributed by atoms with Crippen molar-refractivity contribution in [2.45, 2.75) is 26.9 Å². The Morgan fingerprint density at radius 2 is 1.72 bits per heavy atom. The quantitative estimate of drug-likeness (QED) is 0.554. The molecule has 0 saturated carbocycles. The standard InChI is InChI=1S/C22H23FN2O4/c1-14-7-6-8-15(2)21(14)25-19(26)13-24-22(28)16(3)29-20(27)12-11-17-9-4-5-10-18(17)23/h4-12,16H,13H2,1-3H3,(H,24,28)(H,25,26)/b12-11+. The van der Waals surface area contributed by atoms with Crippen molar-refractivity contribution in [1.82, 2.24) is 5.32 Å². The first-order valence-electron chi connectivity index (χ1n) is 9.05. The predicted octanol–water partition coefficient (Wildman–Crippen LogP) is 3.14. The average Bonchev–Trinajstić information content (AvgIpc) is 2.68. The number of nitrogens with one attached hydrogen (secondary N) is 2. The smallest absolute Gasteiger partial charge is 0.331 e. The van der Waals surface area contributed by atoms with Gasteiger partial charge in [-0.1, -0.05) is 36.4 Å². The van der Waals surface area contributed by atoms with E-state index in [4.69, 9.17) is 4.74 Å². The number of esters is 1. The van der Waals surface area contributed by atoms with E-state index in [2.05, 4.69) is 10.6 Å². The Hall–Kier alpha value is -3.48. The lowest BCUT2D eigenvalue weighted by Gasteiger charge is -2.14. The highest BCUT2D eigenvalue weighted by atomic mass is 19.1. The van der Waals surface area contributed by atoms with E-state index in [-0.39, 0.29) is 12.1 Å². The average molecular weight is 398 g/mol. The Morgan fingerprint density at radius 1 is 1.07 bits per heavy atom. The normalized spacial score (nSPS) is 11.7. The zero-order valence-corrected chi connectivity index (χ0v) is 16.5. The zero-order valence-electron chi connectivity index (χ0n) is 16.5. The van der Waals surface area contributed by atoms with Gasteiger partial charge in [0.05, 0.1) is 6.54 Å². The summed E-state index contributed by atoms with van der Waals surface area (Å²) in [6, 6.07) is 11.6. The Bertz CT molecular complexity index is 920. The van der Waals surface area contributed by atoms with Gasteiger partial charge in [0.15, 0.2) is 6.10 Å². The van der Waals surface area contributed by atoms with Gasteiger partial charge < -0.3 is 15.4 Å².